The monoisotopic (exact) mass is 297 g/mol. The Morgan fingerprint density at radius 3 is 2.73 bits per heavy atom. The predicted octanol–water partition coefficient (Wildman–Crippen LogP) is 2.07. The van der Waals surface area contributed by atoms with Gasteiger partial charge in [0.25, 0.3) is 0 Å². The smallest absolute Gasteiger partial charge is 0.305 e. The SMILES string of the molecule is Cc1ccc(C(=O)NNC(=O)Cc2c[nH]c3ccccc23)o1. The summed E-state index contributed by atoms with van der Waals surface area (Å²) in [6.45, 7) is 1.74. The first kappa shape index (κ1) is 13.9. The molecule has 3 aromatic rings. The summed E-state index contributed by atoms with van der Waals surface area (Å²) in [6.07, 6.45) is 1.96. The molecule has 0 fully saturated rings. The molecule has 0 saturated heterocycles. The molecule has 0 aliphatic heterocycles. The zero-order valence-electron chi connectivity index (χ0n) is 12.0. The summed E-state index contributed by atoms with van der Waals surface area (Å²) in [5.74, 6) is 0.00178. The van der Waals surface area contributed by atoms with Gasteiger partial charge in [-0.2, -0.15) is 0 Å². The third-order valence-electron chi connectivity index (χ3n) is 3.31. The van der Waals surface area contributed by atoms with Crippen LogP contribution in [0, 0.1) is 6.92 Å². The number of carbonyl (C=O) groups excluding carboxylic acids is 2. The van der Waals surface area contributed by atoms with Gasteiger partial charge in [0.2, 0.25) is 5.91 Å². The number of amides is 2. The Kier molecular flexibility index (Phi) is 3.65. The van der Waals surface area contributed by atoms with Crippen LogP contribution >= 0.6 is 0 Å². The fraction of sp³-hybridized carbons (Fsp3) is 0.125. The topological polar surface area (TPSA) is 87.1 Å². The minimum Gasteiger partial charge on any atom is -0.456 e. The van der Waals surface area contributed by atoms with Crippen molar-refractivity contribution in [2.45, 2.75) is 13.3 Å². The standard InChI is InChI=1S/C16H15N3O3/c1-10-6-7-14(22-10)16(21)19-18-15(20)8-11-9-17-13-5-3-2-4-12(11)13/h2-7,9,17H,8H2,1H3,(H,18,20)(H,19,21). The van der Waals surface area contributed by atoms with Crippen LogP contribution in [-0.4, -0.2) is 16.8 Å². The lowest BCUT2D eigenvalue weighted by molar-refractivity contribution is -0.121. The molecule has 0 aliphatic carbocycles. The number of aromatic nitrogens is 1. The molecule has 2 amide bonds. The number of hydrazine groups is 1. The Balaban J connectivity index is 1.60. The summed E-state index contributed by atoms with van der Waals surface area (Å²) >= 11 is 0. The molecule has 3 rings (SSSR count). The van der Waals surface area contributed by atoms with Crippen molar-refractivity contribution in [3.8, 4) is 0 Å². The Hall–Kier alpha value is -3.02. The Morgan fingerprint density at radius 1 is 1.14 bits per heavy atom. The van der Waals surface area contributed by atoms with Crippen LogP contribution in [0.25, 0.3) is 10.9 Å². The maximum Gasteiger partial charge on any atom is 0.305 e. The fourth-order valence-electron chi connectivity index (χ4n) is 2.24. The van der Waals surface area contributed by atoms with E-state index in [-0.39, 0.29) is 18.1 Å². The molecule has 6 nitrogen and oxygen atoms in total. The average Bonchev–Trinajstić information content (AvgIpc) is 3.12. The molecule has 1 aromatic carbocycles. The predicted molar refractivity (Wildman–Crippen MR) is 81.1 cm³/mol. The zero-order chi connectivity index (χ0) is 15.5. The van der Waals surface area contributed by atoms with Crippen molar-refractivity contribution in [3.63, 3.8) is 0 Å². The lowest BCUT2D eigenvalue weighted by Gasteiger charge is -2.05. The summed E-state index contributed by atoms with van der Waals surface area (Å²) < 4.78 is 5.17. The van der Waals surface area contributed by atoms with E-state index in [9.17, 15) is 9.59 Å². The lowest BCUT2D eigenvalue weighted by Crippen LogP contribution is -2.42. The second-order valence-electron chi connectivity index (χ2n) is 4.95. The first-order chi connectivity index (χ1) is 10.6. The minimum absolute atomic E-state index is 0.157. The number of hydrogen-bond acceptors (Lipinski definition) is 3. The van der Waals surface area contributed by atoms with Gasteiger partial charge in [-0.3, -0.25) is 20.4 Å². The largest absolute Gasteiger partial charge is 0.456 e. The van der Waals surface area contributed by atoms with Crippen LogP contribution in [0.5, 0.6) is 0 Å². The van der Waals surface area contributed by atoms with Gasteiger partial charge in [-0.1, -0.05) is 18.2 Å². The highest BCUT2D eigenvalue weighted by molar-refractivity contribution is 5.94. The number of furan rings is 1. The molecule has 2 aromatic heterocycles. The van der Waals surface area contributed by atoms with Gasteiger partial charge in [0.15, 0.2) is 5.76 Å². The van der Waals surface area contributed by atoms with Crippen LogP contribution in [0.2, 0.25) is 0 Å². The third-order valence-corrected chi connectivity index (χ3v) is 3.31. The number of fused-ring (bicyclic) bond motifs is 1. The van der Waals surface area contributed by atoms with Gasteiger partial charge in [0, 0.05) is 17.1 Å². The maximum absolute atomic E-state index is 11.9. The van der Waals surface area contributed by atoms with E-state index >= 15 is 0 Å². The molecule has 0 aliphatic rings. The third kappa shape index (κ3) is 2.85. The summed E-state index contributed by atoms with van der Waals surface area (Å²) in [6, 6.07) is 11.0. The molecule has 0 unspecified atom stereocenters. The number of nitrogens with one attached hydrogen (secondary N) is 3. The van der Waals surface area contributed by atoms with Crippen LogP contribution in [0.4, 0.5) is 0 Å². The summed E-state index contributed by atoms with van der Waals surface area (Å²) in [7, 11) is 0. The lowest BCUT2D eigenvalue weighted by atomic mass is 10.1. The van der Waals surface area contributed by atoms with Gasteiger partial charge >= 0.3 is 5.91 Å². The van der Waals surface area contributed by atoms with Gasteiger partial charge in [-0.25, -0.2) is 0 Å². The quantitative estimate of drug-likeness (QED) is 0.647. The van der Waals surface area contributed by atoms with Crippen molar-refractivity contribution >= 4 is 22.7 Å². The fourth-order valence-corrected chi connectivity index (χ4v) is 2.24. The van der Waals surface area contributed by atoms with E-state index in [2.05, 4.69) is 15.8 Å². The van der Waals surface area contributed by atoms with Gasteiger partial charge in [0.05, 0.1) is 6.42 Å². The summed E-state index contributed by atoms with van der Waals surface area (Å²) in [4.78, 5) is 26.8. The molecule has 0 saturated carbocycles. The van der Waals surface area contributed by atoms with Crippen LogP contribution < -0.4 is 10.9 Å². The van der Waals surface area contributed by atoms with Crippen molar-refractivity contribution in [2.24, 2.45) is 0 Å². The van der Waals surface area contributed by atoms with Crippen molar-refractivity contribution in [2.75, 3.05) is 0 Å². The number of aryl methyl sites for hydroxylation is 1. The molecule has 0 radical (unpaired) electrons. The first-order valence-corrected chi connectivity index (χ1v) is 6.84. The first-order valence-electron chi connectivity index (χ1n) is 6.84. The maximum atomic E-state index is 11.9. The Morgan fingerprint density at radius 2 is 1.95 bits per heavy atom. The highest BCUT2D eigenvalue weighted by Crippen LogP contribution is 2.17. The van der Waals surface area contributed by atoms with E-state index in [1.54, 1.807) is 25.3 Å². The zero-order valence-corrected chi connectivity index (χ0v) is 12.0. The van der Waals surface area contributed by atoms with Crippen molar-refractivity contribution in [1.29, 1.82) is 0 Å². The van der Waals surface area contributed by atoms with Crippen LogP contribution in [0.15, 0.2) is 47.0 Å². The van der Waals surface area contributed by atoms with E-state index in [1.165, 1.54) is 0 Å². The van der Waals surface area contributed by atoms with Crippen LogP contribution in [-0.2, 0) is 11.2 Å². The van der Waals surface area contributed by atoms with Crippen LogP contribution in [0.1, 0.15) is 21.9 Å². The highest BCUT2D eigenvalue weighted by atomic mass is 16.3. The van der Waals surface area contributed by atoms with E-state index < -0.39 is 5.91 Å². The molecule has 0 spiro atoms. The van der Waals surface area contributed by atoms with E-state index in [1.807, 2.05) is 24.3 Å². The highest BCUT2D eigenvalue weighted by Gasteiger charge is 2.12. The second kappa shape index (κ2) is 5.77. The van der Waals surface area contributed by atoms with Gasteiger partial charge in [-0.05, 0) is 30.7 Å². The molecule has 3 N–H and O–H groups in total. The number of H-pyrrole nitrogens is 1. The number of benzene rings is 1. The van der Waals surface area contributed by atoms with Gasteiger partial charge in [0.1, 0.15) is 5.76 Å². The summed E-state index contributed by atoms with van der Waals surface area (Å²) in [5, 5.41) is 0.991. The van der Waals surface area contributed by atoms with E-state index in [0.717, 1.165) is 16.5 Å². The Bertz CT molecular complexity index is 832. The van der Waals surface area contributed by atoms with Crippen molar-refractivity contribution in [3.05, 3.63) is 59.7 Å². The van der Waals surface area contributed by atoms with Gasteiger partial charge < -0.3 is 9.40 Å². The van der Waals surface area contributed by atoms with E-state index in [0.29, 0.717) is 5.76 Å². The van der Waals surface area contributed by atoms with Crippen molar-refractivity contribution in [1.82, 2.24) is 15.8 Å². The normalized spacial score (nSPS) is 10.6. The molecular weight excluding hydrogens is 282 g/mol. The average molecular weight is 297 g/mol. The summed E-state index contributed by atoms with van der Waals surface area (Å²) in [5.41, 5.74) is 6.55. The number of rotatable bonds is 3. The second-order valence-corrected chi connectivity index (χ2v) is 4.95. The van der Waals surface area contributed by atoms with Crippen molar-refractivity contribution < 1.29 is 14.0 Å². The van der Waals surface area contributed by atoms with Gasteiger partial charge in [-0.15, -0.1) is 0 Å². The number of aromatic amines is 1. The van der Waals surface area contributed by atoms with Crippen LogP contribution in [0.3, 0.4) is 0 Å². The molecular formula is C16H15N3O3. The Labute approximate surface area is 126 Å². The molecule has 22 heavy (non-hydrogen) atoms. The molecule has 112 valence electrons. The molecule has 0 bridgehead atoms. The number of para-hydroxylation sites is 1. The minimum atomic E-state index is -0.486. The number of carbonyl (C=O) groups is 2. The molecule has 0 atom stereocenters. The van der Waals surface area contributed by atoms with E-state index in [4.69, 9.17) is 4.42 Å². The molecule has 6 heteroatoms. The number of hydrogen-bond donors (Lipinski definition) is 3. The molecule has 2 heterocycles.